The zero-order chi connectivity index (χ0) is 26.6. The summed E-state index contributed by atoms with van der Waals surface area (Å²) in [6.45, 7) is 5.50. The highest BCUT2D eigenvalue weighted by atomic mass is 32.1. The second-order valence-electron chi connectivity index (χ2n) is 10.7. The van der Waals surface area contributed by atoms with E-state index in [9.17, 15) is 5.11 Å². The molecule has 0 radical (unpaired) electrons. The van der Waals surface area contributed by atoms with Gasteiger partial charge < -0.3 is 15.7 Å². The largest absolute Gasteiger partial charge is 0.393 e. The Bertz CT molecular complexity index is 1320. The van der Waals surface area contributed by atoms with Crippen LogP contribution in [0.25, 0.3) is 16.4 Å². The lowest BCUT2D eigenvalue weighted by Gasteiger charge is -2.30. The third-order valence-corrected chi connectivity index (χ3v) is 8.49. The van der Waals surface area contributed by atoms with Gasteiger partial charge in [0, 0.05) is 12.6 Å². The van der Waals surface area contributed by atoms with Crippen LogP contribution in [0, 0.1) is 5.92 Å². The van der Waals surface area contributed by atoms with Crippen molar-refractivity contribution in [2.45, 2.75) is 64.1 Å². The molecule has 11 heteroatoms. The molecule has 1 aliphatic heterocycles. The van der Waals surface area contributed by atoms with Crippen LogP contribution in [0.2, 0.25) is 0 Å². The number of aliphatic hydroxyl groups excluding tert-OH is 1. The Hall–Kier alpha value is -3.41. The van der Waals surface area contributed by atoms with Crippen LogP contribution in [0.1, 0.15) is 51.0 Å². The van der Waals surface area contributed by atoms with Crippen molar-refractivity contribution in [3.8, 4) is 16.4 Å². The number of piperidine rings is 1. The smallest absolute Gasteiger partial charge is 0.216 e. The fraction of sp³-hybridized carbons (Fsp3) is 0.464. The Morgan fingerprint density at radius 1 is 1.00 bits per heavy atom. The minimum absolute atomic E-state index is 0.177. The molecule has 10 nitrogen and oxygen atoms in total. The summed E-state index contributed by atoms with van der Waals surface area (Å²) in [7, 11) is 0. The number of anilines is 3. The van der Waals surface area contributed by atoms with Crippen LogP contribution in [0.3, 0.4) is 0 Å². The van der Waals surface area contributed by atoms with Gasteiger partial charge in [-0.3, -0.25) is 4.90 Å². The predicted molar refractivity (Wildman–Crippen MR) is 153 cm³/mol. The lowest BCUT2D eigenvalue weighted by Crippen LogP contribution is -2.32. The first kappa shape index (κ1) is 25.8. The quantitative estimate of drug-likeness (QED) is 0.285. The van der Waals surface area contributed by atoms with Gasteiger partial charge in [0.1, 0.15) is 11.6 Å². The maximum absolute atomic E-state index is 9.91. The number of rotatable bonds is 8. The highest BCUT2D eigenvalue weighted by molar-refractivity contribution is 7.18. The Kier molecular flexibility index (Phi) is 7.80. The van der Waals surface area contributed by atoms with Crippen molar-refractivity contribution in [1.82, 2.24) is 35.1 Å². The molecule has 39 heavy (non-hydrogen) atoms. The van der Waals surface area contributed by atoms with Gasteiger partial charge in [0.25, 0.3) is 0 Å². The Morgan fingerprint density at radius 3 is 2.56 bits per heavy atom. The van der Waals surface area contributed by atoms with E-state index in [2.05, 4.69) is 55.0 Å². The predicted octanol–water partition coefficient (Wildman–Crippen LogP) is 4.87. The second-order valence-corrected chi connectivity index (χ2v) is 11.8. The van der Waals surface area contributed by atoms with Crippen molar-refractivity contribution in [3.63, 3.8) is 0 Å². The van der Waals surface area contributed by atoms with Gasteiger partial charge in [-0.2, -0.15) is 0 Å². The van der Waals surface area contributed by atoms with Gasteiger partial charge >= 0.3 is 0 Å². The molecule has 3 N–H and O–H groups in total. The van der Waals surface area contributed by atoms with Crippen molar-refractivity contribution in [2.24, 2.45) is 5.92 Å². The first-order chi connectivity index (χ1) is 19.1. The van der Waals surface area contributed by atoms with Crippen LogP contribution < -0.4 is 10.6 Å². The highest BCUT2D eigenvalue weighted by Crippen LogP contribution is 2.30. The van der Waals surface area contributed by atoms with Crippen molar-refractivity contribution in [1.29, 1.82) is 0 Å². The van der Waals surface area contributed by atoms with E-state index in [4.69, 9.17) is 4.98 Å². The molecule has 0 unspecified atom stereocenters. The Labute approximate surface area is 232 Å². The third-order valence-electron chi connectivity index (χ3n) is 7.58. The van der Waals surface area contributed by atoms with Crippen LogP contribution in [0.4, 0.5) is 16.8 Å². The number of aliphatic hydroxyl groups is 1. The van der Waals surface area contributed by atoms with E-state index in [1.165, 1.54) is 34.5 Å². The molecule has 4 heterocycles. The summed E-state index contributed by atoms with van der Waals surface area (Å²) >= 11 is 1.47. The lowest BCUT2D eigenvalue weighted by atomic mass is 9.93. The summed E-state index contributed by atoms with van der Waals surface area (Å²) in [4.78, 5) is 14.3. The zero-order valence-electron chi connectivity index (χ0n) is 22.2. The number of nitrogens with zero attached hydrogens (tertiary/aromatic N) is 7. The highest BCUT2D eigenvalue weighted by Gasteiger charge is 2.21. The maximum Gasteiger partial charge on any atom is 0.216 e. The maximum atomic E-state index is 9.91. The van der Waals surface area contributed by atoms with Gasteiger partial charge in [-0.15, -0.1) is 15.0 Å². The number of pyridine rings is 1. The molecular formula is C28H35N9OS. The molecule has 2 aliphatic rings. The molecule has 1 aliphatic carbocycles. The minimum Gasteiger partial charge on any atom is -0.393 e. The number of likely N-dealkylation sites (tertiary alicyclic amines) is 1. The van der Waals surface area contributed by atoms with E-state index < -0.39 is 0 Å². The number of hydrogen-bond acceptors (Lipinski definition) is 10. The topological polar surface area (TPSA) is 117 Å². The van der Waals surface area contributed by atoms with Gasteiger partial charge in [-0.25, -0.2) is 9.97 Å². The molecule has 1 aromatic carbocycles. The van der Waals surface area contributed by atoms with Gasteiger partial charge in [0.2, 0.25) is 5.82 Å². The van der Waals surface area contributed by atoms with Gasteiger partial charge in [0.15, 0.2) is 5.13 Å². The zero-order valence-corrected chi connectivity index (χ0v) is 23.0. The van der Waals surface area contributed by atoms with Crippen molar-refractivity contribution >= 4 is 28.1 Å². The average Bonchev–Trinajstić information content (AvgIpc) is 3.62. The average molecular weight is 546 g/mol. The fourth-order valence-corrected chi connectivity index (χ4v) is 6.00. The van der Waals surface area contributed by atoms with Crippen LogP contribution in [-0.2, 0) is 6.54 Å². The molecule has 6 rings (SSSR count). The second kappa shape index (κ2) is 11.8. The number of tetrazole rings is 1. The summed E-state index contributed by atoms with van der Waals surface area (Å²) < 4.78 is 0. The van der Waals surface area contributed by atoms with E-state index in [-0.39, 0.29) is 6.10 Å². The van der Waals surface area contributed by atoms with Crippen LogP contribution in [-0.4, -0.2) is 65.4 Å². The van der Waals surface area contributed by atoms with E-state index in [1.807, 2.05) is 30.3 Å². The van der Waals surface area contributed by atoms with Crippen molar-refractivity contribution < 1.29 is 5.11 Å². The standard InChI is InChI=1S/C28H35N9OS/c1-19-11-13-36(14-12-19)18-20-15-25(30-21-7-9-23(38)10-8-21)31-26(16-20)32-28-29-17-24(39-28)27-33-35-37(34-27)22-5-3-2-4-6-22/h2-6,15-17,19,21,23,38H,7-14,18H2,1H3,(H2,29,30,31,32). The van der Waals surface area contributed by atoms with Gasteiger partial charge in [-0.05, 0) is 92.6 Å². The monoisotopic (exact) mass is 545 g/mol. The number of thiazole rings is 1. The van der Waals surface area contributed by atoms with Crippen molar-refractivity contribution in [2.75, 3.05) is 23.7 Å². The van der Waals surface area contributed by atoms with Crippen LogP contribution in [0.5, 0.6) is 0 Å². The normalized spacial score (nSPS) is 20.7. The lowest BCUT2D eigenvalue weighted by molar-refractivity contribution is 0.126. The molecule has 0 bridgehead atoms. The molecule has 0 atom stereocenters. The van der Waals surface area contributed by atoms with Crippen LogP contribution >= 0.6 is 11.3 Å². The van der Waals surface area contributed by atoms with E-state index in [0.29, 0.717) is 11.9 Å². The summed E-state index contributed by atoms with van der Waals surface area (Å²) in [6.07, 6.45) is 7.65. The van der Waals surface area contributed by atoms with E-state index in [0.717, 1.165) is 78.6 Å². The molecule has 0 spiro atoms. The molecule has 4 aromatic rings. The molecule has 204 valence electrons. The third kappa shape index (κ3) is 6.60. The number of nitrogens with one attached hydrogen (secondary N) is 2. The molecule has 1 saturated carbocycles. The Balaban J connectivity index is 1.19. The van der Waals surface area contributed by atoms with Gasteiger partial charge in [-0.1, -0.05) is 36.5 Å². The van der Waals surface area contributed by atoms with E-state index >= 15 is 0 Å². The minimum atomic E-state index is -0.177. The molecule has 0 amide bonds. The number of aromatic nitrogens is 6. The van der Waals surface area contributed by atoms with Crippen LogP contribution in [0.15, 0.2) is 48.7 Å². The fourth-order valence-electron chi connectivity index (χ4n) is 5.25. The van der Waals surface area contributed by atoms with Crippen molar-refractivity contribution in [3.05, 3.63) is 54.2 Å². The number of hydrogen-bond donors (Lipinski definition) is 3. The Morgan fingerprint density at radius 2 is 1.77 bits per heavy atom. The van der Waals surface area contributed by atoms with Gasteiger partial charge in [0.05, 0.1) is 22.9 Å². The first-order valence-corrected chi connectivity index (χ1v) is 14.7. The molecule has 2 fully saturated rings. The number of benzene rings is 1. The summed E-state index contributed by atoms with van der Waals surface area (Å²) in [5.74, 6) is 2.97. The summed E-state index contributed by atoms with van der Waals surface area (Å²) in [5, 5.41) is 30.6. The summed E-state index contributed by atoms with van der Waals surface area (Å²) in [6, 6.07) is 14.3. The molecule has 3 aromatic heterocycles. The summed E-state index contributed by atoms with van der Waals surface area (Å²) in [5.41, 5.74) is 2.08. The molecule has 1 saturated heterocycles. The van der Waals surface area contributed by atoms with E-state index in [1.54, 1.807) is 6.20 Å². The first-order valence-electron chi connectivity index (χ1n) is 13.8. The molecular weight excluding hydrogens is 510 g/mol. The number of para-hydroxylation sites is 1. The SMILES string of the molecule is CC1CCN(Cc2cc(Nc3ncc(-c4nnn(-c5ccccc5)n4)s3)nc(NC3CCC(O)CC3)c2)CC1.